The van der Waals surface area contributed by atoms with Gasteiger partial charge in [0.25, 0.3) is 0 Å². The van der Waals surface area contributed by atoms with E-state index in [4.69, 9.17) is 0 Å². The van der Waals surface area contributed by atoms with E-state index in [2.05, 4.69) is 62.5 Å². The Kier molecular flexibility index (Phi) is 3.41. The monoisotopic (exact) mass is 307 g/mol. The zero-order valence-electron chi connectivity index (χ0n) is 10.5. The molecule has 0 radical (unpaired) electrons. The van der Waals surface area contributed by atoms with Crippen molar-refractivity contribution in [3.05, 3.63) is 34.4 Å². The molecular formula is C14H18BrN3. The van der Waals surface area contributed by atoms with Gasteiger partial charge in [-0.25, -0.2) is 0 Å². The molecule has 1 aliphatic rings. The van der Waals surface area contributed by atoms with Crippen LogP contribution in [0.15, 0.2) is 28.9 Å². The number of fused-ring (bicyclic) bond motifs is 1. The molecule has 0 unspecified atom stereocenters. The molecule has 0 bridgehead atoms. The van der Waals surface area contributed by atoms with Gasteiger partial charge in [0.05, 0.1) is 0 Å². The van der Waals surface area contributed by atoms with E-state index in [1.165, 1.54) is 16.5 Å². The summed E-state index contributed by atoms with van der Waals surface area (Å²) in [5.74, 6) is 0. The molecule has 3 rings (SSSR count). The quantitative estimate of drug-likeness (QED) is 0.910. The number of nitrogens with one attached hydrogen (secondary N) is 2. The van der Waals surface area contributed by atoms with Crippen LogP contribution in [0.5, 0.6) is 0 Å². The van der Waals surface area contributed by atoms with Gasteiger partial charge in [-0.05, 0) is 30.3 Å². The lowest BCUT2D eigenvalue weighted by atomic mass is 10.1. The molecule has 4 heteroatoms. The number of nitrogens with zero attached hydrogens (tertiary/aromatic N) is 1. The molecule has 1 fully saturated rings. The van der Waals surface area contributed by atoms with Crippen LogP contribution in [-0.2, 0) is 6.54 Å². The van der Waals surface area contributed by atoms with Crippen molar-refractivity contribution < 1.29 is 0 Å². The van der Waals surface area contributed by atoms with Gasteiger partial charge >= 0.3 is 0 Å². The second-order valence-corrected chi connectivity index (χ2v) is 5.79. The van der Waals surface area contributed by atoms with Crippen molar-refractivity contribution in [3.63, 3.8) is 0 Å². The van der Waals surface area contributed by atoms with Crippen molar-refractivity contribution in [1.82, 2.24) is 15.2 Å². The van der Waals surface area contributed by atoms with E-state index in [9.17, 15) is 0 Å². The molecule has 0 spiro atoms. The third-order valence-electron chi connectivity index (χ3n) is 3.79. The first-order valence-corrected chi connectivity index (χ1v) is 7.27. The van der Waals surface area contributed by atoms with Crippen molar-refractivity contribution in [2.45, 2.75) is 19.5 Å². The lowest BCUT2D eigenvalue weighted by Crippen LogP contribution is -2.56. The first-order chi connectivity index (χ1) is 8.78. The number of hydrogen-bond acceptors (Lipinski definition) is 2. The van der Waals surface area contributed by atoms with Crippen molar-refractivity contribution in [3.8, 4) is 0 Å². The molecule has 0 saturated carbocycles. The fourth-order valence-corrected chi connectivity index (χ4v) is 2.89. The Morgan fingerprint density at radius 2 is 2.22 bits per heavy atom. The van der Waals surface area contributed by atoms with E-state index < -0.39 is 0 Å². The SMILES string of the molecule is CCN(Cc1c[nH]c2ccc(Br)cc12)C1CNC1. The molecular weight excluding hydrogens is 290 g/mol. The maximum absolute atomic E-state index is 3.55. The number of hydrogen-bond donors (Lipinski definition) is 2. The van der Waals surface area contributed by atoms with Crippen LogP contribution in [0.2, 0.25) is 0 Å². The maximum atomic E-state index is 3.55. The van der Waals surface area contributed by atoms with E-state index in [0.717, 1.165) is 30.7 Å². The molecule has 96 valence electrons. The van der Waals surface area contributed by atoms with Gasteiger partial charge in [0.1, 0.15) is 0 Å². The summed E-state index contributed by atoms with van der Waals surface area (Å²) < 4.78 is 1.14. The third-order valence-corrected chi connectivity index (χ3v) is 4.28. The Morgan fingerprint density at radius 1 is 1.39 bits per heavy atom. The predicted octanol–water partition coefficient (Wildman–Crippen LogP) is 2.72. The number of aromatic nitrogens is 1. The maximum Gasteiger partial charge on any atom is 0.0458 e. The first-order valence-electron chi connectivity index (χ1n) is 6.48. The topological polar surface area (TPSA) is 31.1 Å². The van der Waals surface area contributed by atoms with Gasteiger partial charge in [-0.3, -0.25) is 4.90 Å². The fourth-order valence-electron chi connectivity index (χ4n) is 2.53. The van der Waals surface area contributed by atoms with Crippen LogP contribution in [0.1, 0.15) is 12.5 Å². The standard InChI is InChI=1S/C14H18BrN3/c1-2-18(12-7-16-8-12)9-10-6-17-14-4-3-11(15)5-13(10)14/h3-6,12,16-17H,2,7-9H2,1H3. The Morgan fingerprint density at radius 3 is 2.89 bits per heavy atom. The van der Waals surface area contributed by atoms with E-state index in [1.807, 2.05) is 0 Å². The largest absolute Gasteiger partial charge is 0.361 e. The minimum absolute atomic E-state index is 0.701. The lowest BCUT2D eigenvalue weighted by molar-refractivity contribution is 0.146. The van der Waals surface area contributed by atoms with Gasteiger partial charge in [0.2, 0.25) is 0 Å². The van der Waals surface area contributed by atoms with E-state index >= 15 is 0 Å². The summed E-state index contributed by atoms with van der Waals surface area (Å²) in [6, 6.07) is 7.11. The van der Waals surface area contributed by atoms with Gasteiger partial charge < -0.3 is 10.3 Å². The van der Waals surface area contributed by atoms with Crippen molar-refractivity contribution in [2.75, 3.05) is 19.6 Å². The van der Waals surface area contributed by atoms with Crippen LogP contribution in [-0.4, -0.2) is 35.6 Å². The molecule has 1 aromatic carbocycles. The molecule has 1 aliphatic heterocycles. The predicted molar refractivity (Wildman–Crippen MR) is 78.7 cm³/mol. The van der Waals surface area contributed by atoms with Crippen LogP contribution in [0.4, 0.5) is 0 Å². The molecule has 0 aliphatic carbocycles. The highest BCUT2D eigenvalue weighted by Gasteiger charge is 2.23. The summed E-state index contributed by atoms with van der Waals surface area (Å²) in [5.41, 5.74) is 2.61. The molecule has 1 saturated heterocycles. The van der Waals surface area contributed by atoms with Gasteiger partial charge in [0, 0.05) is 47.2 Å². The number of aromatic amines is 1. The summed E-state index contributed by atoms with van der Waals surface area (Å²) in [6.07, 6.45) is 2.14. The number of rotatable bonds is 4. The minimum Gasteiger partial charge on any atom is -0.361 e. The normalized spacial score (nSPS) is 16.4. The third kappa shape index (κ3) is 2.20. The lowest BCUT2D eigenvalue weighted by Gasteiger charge is -2.37. The molecule has 1 aromatic heterocycles. The van der Waals surface area contributed by atoms with Crippen LogP contribution >= 0.6 is 15.9 Å². The molecule has 2 aromatic rings. The zero-order valence-corrected chi connectivity index (χ0v) is 12.1. The smallest absolute Gasteiger partial charge is 0.0458 e. The van der Waals surface area contributed by atoms with Crippen molar-refractivity contribution in [2.24, 2.45) is 0 Å². The average Bonchev–Trinajstić information content (AvgIpc) is 2.68. The highest BCUT2D eigenvalue weighted by Crippen LogP contribution is 2.24. The fraction of sp³-hybridized carbons (Fsp3) is 0.429. The Balaban J connectivity index is 1.86. The van der Waals surface area contributed by atoms with Gasteiger partial charge in [-0.1, -0.05) is 22.9 Å². The zero-order chi connectivity index (χ0) is 12.5. The summed E-state index contributed by atoms with van der Waals surface area (Å²) in [4.78, 5) is 5.90. The summed E-state index contributed by atoms with van der Waals surface area (Å²) in [6.45, 7) is 6.62. The van der Waals surface area contributed by atoms with Crippen molar-refractivity contribution >= 4 is 26.8 Å². The molecule has 3 nitrogen and oxygen atoms in total. The van der Waals surface area contributed by atoms with Gasteiger partial charge in [0.15, 0.2) is 0 Å². The first kappa shape index (κ1) is 12.2. The molecule has 18 heavy (non-hydrogen) atoms. The van der Waals surface area contributed by atoms with E-state index in [1.54, 1.807) is 0 Å². The molecule has 0 amide bonds. The van der Waals surface area contributed by atoms with Gasteiger partial charge in [-0.15, -0.1) is 0 Å². The average molecular weight is 308 g/mol. The number of halogens is 1. The Hall–Kier alpha value is -0.840. The van der Waals surface area contributed by atoms with Crippen molar-refractivity contribution in [1.29, 1.82) is 0 Å². The van der Waals surface area contributed by atoms with E-state index in [0.29, 0.717) is 6.04 Å². The number of likely N-dealkylation sites (N-methyl/N-ethyl adjacent to an activating group) is 1. The van der Waals surface area contributed by atoms with Crippen LogP contribution in [0.25, 0.3) is 10.9 Å². The highest BCUT2D eigenvalue weighted by molar-refractivity contribution is 9.10. The van der Waals surface area contributed by atoms with Crippen LogP contribution in [0.3, 0.4) is 0 Å². The van der Waals surface area contributed by atoms with Crippen LogP contribution < -0.4 is 5.32 Å². The Bertz CT molecular complexity index is 545. The summed E-state index contributed by atoms with van der Waals surface area (Å²) in [5, 5.41) is 4.67. The Labute approximate surface area is 116 Å². The summed E-state index contributed by atoms with van der Waals surface area (Å²) in [7, 11) is 0. The van der Waals surface area contributed by atoms with Crippen LogP contribution in [0, 0.1) is 0 Å². The molecule has 0 atom stereocenters. The second kappa shape index (κ2) is 5.03. The molecule has 2 heterocycles. The number of benzene rings is 1. The number of H-pyrrole nitrogens is 1. The van der Waals surface area contributed by atoms with E-state index in [-0.39, 0.29) is 0 Å². The second-order valence-electron chi connectivity index (χ2n) is 4.88. The molecule has 2 N–H and O–H groups in total. The highest BCUT2D eigenvalue weighted by atomic mass is 79.9. The minimum atomic E-state index is 0.701. The van der Waals surface area contributed by atoms with Gasteiger partial charge in [-0.2, -0.15) is 0 Å². The summed E-state index contributed by atoms with van der Waals surface area (Å²) >= 11 is 3.55.